The molecular weight excluding hydrogens is 273 g/mol. The first-order chi connectivity index (χ1) is 8.25. The normalized spacial score (nSPS) is 17.3. The molecule has 0 bridgehead atoms. The van der Waals surface area contributed by atoms with Gasteiger partial charge in [-0.3, -0.25) is 10.1 Å². The number of nitro benzene ring substituents is 1. The molecule has 4 nitrogen and oxygen atoms in total. The maximum Gasteiger partial charge on any atom is 0.411 e. The molecule has 0 spiro atoms. The van der Waals surface area contributed by atoms with E-state index >= 15 is 0 Å². The molecule has 0 radical (unpaired) electrons. The Bertz CT molecular complexity index is 500. The Morgan fingerprint density at radius 1 is 1.39 bits per heavy atom. The van der Waals surface area contributed by atoms with E-state index in [1.54, 1.807) is 0 Å². The Hall–Kier alpha value is -1.50. The van der Waals surface area contributed by atoms with Crippen LogP contribution in [-0.4, -0.2) is 16.6 Å². The fourth-order valence-electron chi connectivity index (χ4n) is 1.58. The van der Waals surface area contributed by atoms with Crippen LogP contribution in [0.15, 0.2) is 18.2 Å². The Morgan fingerprint density at radius 3 is 2.39 bits per heavy atom. The molecule has 8 heteroatoms. The van der Waals surface area contributed by atoms with Crippen LogP contribution in [0, 0.1) is 10.1 Å². The summed E-state index contributed by atoms with van der Waals surface area (Å²) in [4.78, 5) is 9.81. The van der Waals surface area contributed by atoms with Gasteiger partial charge in [0, 0.05) is 12.1 Å². The van der Waals surface area contributed by atoms with Gasteiger partial charge in [0.15, 0.2) is 0 Å². The molecule has 1 saturated carbocycles. The summed E-state index contributed by atoms with van der Waals surface area (Å²) in [6, 6.07) is 3.32. The third-order valence-corrected chi connectivity index (χ3v) is 3.14. The van der Waals surface area contributed by atoms with Gasteiger partial charge in [-0.2, -0.15) is 13.2 Å². The van der Waals surface area contributed by atoms with Crippen molar-refractivity contribution in [3.63, 3.8) is 0 Å². The number of nitrogens with zero attached hydrogens (tertiary/aromatic N) is 1. The Morgan fingerprint density at radius 2 is 2.00 bits per heavy atom. The molecule has 1 aliphatic carbocycles. The average Bonchev–Trinajstić information content (AvgIpc) is 3.01. The number of hydrogen-bond acceptors (Lipinski definition) is 3. The van der Waals surface area contributed by atoms with Gasteiger partial charge in [-0.05, 0) is 18.9 Å². The van der Waals surface area contributed by atoms with Gasteiger partial charge < -0.3 is 5.32 Å². The lowest BCUT2D eigenvalue weighted by Crippen LogP contribution is -2.38. The van der Waals surface area contributed by atoms with Gasteiger partial charge in [0.25, 0.3) is 5.69 Å². The van der Waals surface area contributed by atoms with Crippen molar-refractivity contribution in [1.82, 2.24) is 0 Å². The number of nitro groups is 1. The van der Waals surface area contributed by atoms with Gasteiger partial charge in [0.05, 0.1) is 15.6 Å². The molecule has 2 rings (SSSR count). The van der Waals surface area contributed by atoms with Crippen molar-refractivity contribution in [2.75, 3.05) is 5.32 Å². The van der Waals surface area contributed by atoms with Crippen LogP contribution in [-0.2, 0) is 0 Å². The molecule has 0 unspecified atom stereocenters. The largest absolute Gasteiger partial charge is 0.411 e. The molecule has 1 aromatic rings. The molecule has 98 valence electrons. The third-order valence-electron chi connectivity index (χ3n) is 2.83. The van der Waals surface area contributed by atoms with E-state index in [-0.39, 0.29) is 29.2 Å². The van der Waals surface area contributed by atoms with Crippen LogP contribution in [0.1, 0.15) is 12.8 Å². The molecule has 0 amide bonds. The Kier molecular flexibility index (Phi) is 2.89. The topological polar surface area (TPSA) is 55.2 Å². The van der Waals surface area contributed by atoms with E-state index in [0.717, 1.165) is 12.1 Å². The van der Waals surface area contributed by atoms with E-state index in [2.05, 4.69) is 5.32 Å². The van der Waals surface area contributed by atoms with Crippen molar-refractivity contribution < 1.29 is 18.1 Å². The number of nitrogens with one attached hydrogen (secondary N) is 1. The number of rotatable bonds is 3. The first-order valence-electron chi connectivity index (χ1n) is 5.04. The van der Waals surface area contributed by atoms with Gasteiger partial charge in [-0.1, -0.05) is 11.6 Å². The molecule has 18 heavy (non-hydrogen) atoms. The summed E-state index contributed by atoms with van der Waals surface area (Å²) in [5.41, 5.74) is -2.15. The summed E-state index contributed by atoms with van der Waals surface area (Å²) in [5, 5.41) is 12.7. The quantitative estimate of drug-likeness (QED) is 0.677. The number of anilines is 1. The van der Waals surface area contributed by atoms with Crippen LogP contribution < -0.4 is 5.32 Å². The Balaban J connectivity index is 2.24. The van der Waals surface area contributed by atoms with Gasteiger partial charge >= 0.3 is 6.18 Å². The van der Waals surface area contributed by atoms with Gasteiger partial charge in [0.2, 0.25) is 0 Å². The van der Waals surface area contributed by atoms with Crippen LogP contribution in [0.3, 0.4) is 0 Å². The van der Waals surface area contributed by atoms with Crippen LogP contribution >= 0.6 is 11.6 Å². The summed E-state index contributed by atoms with van der Waals surface area (Å²) < 4.78 is 38.1. The number of non-ortho nitro benzene ring substituents is 1. The maximum atomic E-state index is 12.7. The second kappa shape index (κ2) is 4.01. The average molecular weight is 281 g/mol. The first kappa shape index (κ1) is 12.9. The molecule has 0 saturated heterocycles. The van der Waals surface area contributed by atoms with Crippen molar-refractivity contribution in [3.05, 3.63) is 33.3 Å². The third kappa shape index (κ3) is 2.22. The van der Waals surface area contributed by atoms with Crippen LogP contribution in [0.25, 0.3) is 0 Å². The highest BCUT2D eigenvalue weighted by atomic mass is 35.5. The van der Waals surface area contributed by atoms with E-state index in [9.17, 15) is 23.3 Å². The molecule has 0 atom stereocenters. The summed E-state index contributed by atoms with van der Waals surface area (Å²) in [7, 11) is 0. The minimum atomic E-state index is -4.36. The number of halogens is 4. The smallest absolute Gasteiger partial charge is 0.370 e. The zero-order valence-electron chi connectivity index (χ0n) is 8.92. The van der Waals surface area contributed by atoms with Gasteiger partial charge in [0.1, 0.15) is 5.54 Å². The highest BCUT2D eigenvalue weighted by Gasteiger charge is 2.63. The summed E-state index contributed by atoms with van der Waals surface area (Å²) in [5.74, 6) is 0. The molecular formula is C10H8ClF3N2O2. The lowest BCUT2D eigenvalue weighted by molar-refractivity contribution is -0.384. The van der Waals surface area contributed by atoms with E-state index in [4.69, 9.17) is 11.6 Å². The molecule has 1 aliphatic rings. The van der Waals surface area contributed by atoms with Crippen molar-refractivity contribution in [3.8, 4) is 0 Å². The Labute approximate surface area is 105 Å². The molecule has 1 aromatic carbocycles. The molecule has 0 heterocycles. The zero-order chi connectivity index (χ0) is 13.6. The lowest BCUT2D eigenvalue weighted by atomic mass is 10.2. The molecule has 1 fully saturated rings. The van der Waals surface area contributed by atoms with E-state index in [0.29, 0.717) is 0 Å². The number of benzene rings is 1. The second-order valence-corrected chi connectivity index (χ2v) is 4.53. The number of alkyl halides is 3. The van der Waals surface area contributed by atoms with Gasteiger partial charge in [-0.25, -0.2) is 0 Å². The molecule has 0 aromatic heterocycles. The van der Waals surface area contributed by atoms with E-state index in [1.165, 1.54) is 6.07 Å². The fourth-order valence-corrected chi connectivity index (χ4v) is 1.80. The minimum absolute atomic E-state index is 0.0240. The minimum Gasteiger partial charge on any atom is -0.370 e. The van der Waals surface area contributed by atoms with Crippen molar-refractivity contribution in [1.29, 1.82) is 0 Å². The molecule has 0 aliphatic heterocycles. The lowest BCUT2D eigenvalue weighted by Gasteiger charge is -2.22. The monoisotopic (exact) mass is 280 g/mol. The highest BCUT2D eigenvalue weighted by molar-refractivity contribution is 6.33. The number of hydrogen-bond donors (Lipinski definition) is 1. The predicted octanol–water partition coefficient (Wildman–Crippen LogP) is 3.76. The van der Waals surface area contributed by atoms with Gasteiger partial charge in [-0.15, -0.1) is 0 Å². The highest BCUT2D eigenvalue weighted by Crippen LogP contribution is 2.51. The van der Waals surface area contributed by atoms with Crippen molar-refractivity contribution in [2.24, 2.45) is 0 Å². The summed E-state index contributed by atoms with van der Waals surface area (Å²) >= 11 is 5.72. The molecule has 1 N–H and O–H groups in total. The fraction of sp³-hybridized carbons (Fsp3) is 0.400. The summed E-state index contributed by atoms with van der Waals surface area (Å²) in [6.45, 7) is 0. The van der Waals surface area contributed by atoms with E-state index in [1.807, 2.05) is 0 Å². The van der Waals surface area contributed by atoms with Crippen LogP contribution in [0.2, 0.25) is 5.02 Å². The van der Waals surface area contributed by atoms with Crippen molar-refractivity contribution in [2.45, 2.75) is 24.6 Å². The first-order valence-corrected chi connectivity index (χ1v) is 5.42. The van der Waals surface area contributed by atoms with E-state index < -0.39 is 16.6 Å². The zero-order valence-corrected chi connectivity index (χ0v) is 9.68. The second-order valence-electron chi connectivity index (χ2n) is 4.13. The maximum absolute atomic E-state index is 12.7. The standard InChI is InChI=1S/C10H8ClF3N2O2/c11-7-5-6(16(17)18)1-2-8(7)15-9(3-4-9)10(12,13)14/h1-2,5,15H,3-4H2. The SMILES string of the molecule is O=[N+]([O-])c1ccc(NC2(C(F)(F)F)CC2)c(Cl)c1. The predicted molar refractivity (Wildman–Crippen MR) is 59.7 cm³/mol. The van der Waals surface area contributed by atoms with Crippen LogP contribution in [0.5, 0.6) is 0 Å². The van der Waals surface area contributed by atoms with Crippen LogP contribution in [0.4, 0.5) is 24.5 Å². The van der Waals surface area contributed by atoms with Crippen molar-refractivity contribution >= 4 is 23.0 Å². The summed E-state index contributed by atoms with van der Waals surface area (Å²) in [6.07, 6.45) is -4.41.